The van der Waals surface area contributed by atoms with Gasteiger partial charge >= 0.3 is 0 Å². The zero-order valence-corrected chi connectivity index (χ0v) is 10.4. The first-order valence-electron chi connectivity index (χ1n) is 5.42. The minimum Gasteiger partial charge on any atom is -0.397 e. The van der Waals surface area contributed by atoms with Crippen molar-refractivity contribution < 1.29 is 0 Å². The minimum absolute atomic E-state index is 0.241. The van der Waals surface area contributed by atoms with Crippen LogP contribution in [-0.2, 0) is 6.54 Å². The molecule has 0 fully saturated rings. The number of benzene rings is 1. The molecule has 1 aromatic heterocycles. The van der Waals surface area contributed by atoms with Crippen molar-refractivity contribution in [2.75, 3.05) is 11.1 Å². The van der Waals surface area contributed by atoms with Crippen LogP contribution >= 0.6 is 11.6 Å². The number of aromatic nitrogens is 2. The molecule has 0 saturated heterocycles. The molecule has 0 aliphatic rings. The molecule has 5 heteroatoms. The van der Waals surface area contributed by atoms with Crippen molar-refractivity contribution in [3.63, 3.8) is 0 Å². The highest BCUT2D eigenvalue weighted by Gasteiger charge is 2.06. The van der Waals surface area contributed by atoms with Gasteiger partial charge in [0.1, 0.15) is 0 Å². The first-order valence-corrected chi connectivity index (χ1v) is 5.80. The third-order valence-electron chi connectivity index (χ3n) is 2.46. The van der Waals surface area contributed by atoms with E-state index in [-0.39, 0.29) is 6.04 Å². The van der Waals surface area contributed by atoms with Crippen LogP contribution in [0, 0.1) is 0 Å². The van der Waals surface area contributed by atoms with Crippen LogP contribution in [0.3, 0.4) is 0 Å². The Hall–Kier alpha value is -1.68. The average Bonchev–Trinajstić information content (AvgIpc) is 2.76. The molecule has 0 radical (unpaired) electrons. The van der Waals surface area contributed by atoms with Gasteiger partial charge in [0, 0.05) is 30.0 Å². The third kappa shape index (κ3) is 3.14. The summed E-state index contributed by atoms with van der Waals surface area (Å²) in [7, 11) is 0. The summed E-state index contributed by atoms with van der Waals surface area (Å²) in [5, 5.41) is 4.01. The normalized spacial score (nSPS) is 12.4. The van der Waals surface area contributed by atoms with E-state index >= 15 is 0 Å². The standard InChI is InChI=1S/C12H15ClN4/c1-9(7-17-5-4-15-8-17)16-12-6-10(13)2-3-11(12)14/h2-6,8-9,16H,7,14H2,1H3. The maximum atomic E-state index is 5.93. The molecule has 2 rings (SSSR count). The Morgan fingerprint density at radius 3 is 3.06 bits per heavy atom. The summed E-state index contributed by atoms with van der Waals surface area (Å²) in [6.07, 6.45) is 5.49. The summed E-state index contributed by atoms with van der Waals surface area (Å²) < 4.78 is 2.01. The Morgan fingerprint density at radius 1 is 1.53 bits per heavy atom. The van der Waals surface area contributed by atoms with Crippen LogP contribution in [0.2, 0.25) is 5.02 Å². The van der Waals surface area contributed by atoms with Gasteiger partial charge < -0.3 is 15.6 Å². The Labute approximate surface area is 105 Å². The van der Waals surface area contributed by atoms with Gasteiger partial charge in [-0.15, -0.1) is 0 Å². The molecule has 3 N–H and O–H groups in total. The van der Waals surface area contributed by atoms with E-state index in [2.05, 4.69) is 17.2 Å². The molecule has 0 saturated carbocycles. The van der Waals surface area contributed by atoms with Crippen molar-refractivity contribution in [2.24, 2.45) is 0 Å². The van der Waals surface area contributed by atoms with Gasteiger partial charge in [0.15, 0.2) is 0 Å². The fourth-order valence-corrected chi connectivity index (χ4v) is 1.85. The number of hydrogen-bond donors (Lipinski definition) is 2. The molecular formula is C12H15ClN4. The van der Waals surface area contributed by atoms with E-state index < -0.39 is 0 Å². The summed E-state index contributed by atoms with van der Waals surface area (Å²) in [5.74, 6) is 0. The number of imidazole rings is 1. The molecule has 2 aromatic rings. The number of nitrogens with one attached hydrogen (secondary N) is 1. The van der Waals surface area contributed by atoms with Crippen LogP contribution in [-0.4, -0.2) is 15.6 Å². The molecule has 90 valence electrons. The zero-order chi connectivity index (χ0) is 12.3. The van der Waals surface area contributed by atoms with E-state index in [9.17, 15) is 0 Å². The number of hydrogen-bond acceptors (Lipinski definition) is 3. The highest BCUT2D eigenvalue weighted by atomic mass is 35.5. The summed E-state index contributed by atoms with van der Waals surface area (Å²) in [4.78, 5) is 4.00. The van der Waals surface area contributed by atoms with Gasteiger partial charge in [-0.1, -0.05) is 11.6 Å². The first-order chi connectivity index (χ1) is 8.15. The molecule has 1 aromatic carbocycles. The predicted molar refractivity (Wildman–Crippen MR) is 71.2 cm³/mol. The number of nitrogens with two attached hydrogens (primary N) is 1. The lowest BCUT2D eigenvalue weighted by Gasteiger charge is -2.17. The lowest BCUT2D eigenvalue weighted by atomic mass is 10.2. The van der Waals surface area contributed by atoms with Crippen LogP contribution in [0.5, 0.6) is 0 Å². The van der Waals surface area contributed by atoms with Crippen LogP contribution in [0.15, 0.2) is 36.9 Å². The topological polar surface area (TPSA) is 55.9 Å². The van der Waals surface area contributed by atoms with Crippen LogP contribution in [0.1, 0.15) is 6.92 Å². The lowest BCUT2D eigenvalue weighted by molar-refractivity contribution is 0.619. The number of nitrogens with zero attached hydrogens (tertiary/aromatic N) is 2. The number of anilines is 2. The van der Waals surface area contributed by atoms with Gasteiger partial charge in [0.05, 0.1) is 17.7 Å². The predicted octanol–water partition coefficient (Wildman–Crippen LogP) is 2.62. The summed E-state index contributed by atoms with van der Waals surface area (Å²) in [6, 6.07) is 5.66. The van der Waals surface area contributed by atoms with Gasteiger partial charge in [-0.2, -0.15) is 0 Å². The largest absolute Gasteiger partial charge is 0.397 e. The molecule has 4 nitrogen and oxygen atoms in total. The Balaban J connectivity index is 2.02. The molecule has 1 heterocycles. The maximum Gasteiger partial charge on any atom is 0.0946 e. The van der Waals surface area contributed by atoms with Gasteiger partial charge in [-0.05, 0) is 25.1 Å². The van der Waals surface area contributed by atoms with Gasteiger partial charge in [0.2, 0.25) is 0 Å². The van der Waals surface area contributed by atoms with Crippen LogP contribution in [0.25, 0.3) is 0 Å². The number of halogens is 1. The van der Waals surface area contributed by atoms with Crippen molar-refractivity contribution in [3.8, 4) is 0 Å². The van der Waals surface area contributed by atoms with E-state index in [1.54, 1.807) is 24.7 Å². The lowest BCUT2D eigenvalue weighted by Crippen LogP contribution is -2.21. The Bertz CT molecular complexity index is 481. The first kappa shape index (κ1) is 11.8. The Morgan fingerprint density at radius 2 is 2.35 bits per heavy atom. The molecule has 1 atom stereocenters. The van der Waals surface area contributed by atoms with Gasteiger partial charge in [0.25, 0.3) is 0 Å². The van der Waals surface area contributed by atoms with Crippen molar-refractivity contribution in [2.45, 2.75) is 19.5 Å². The zero-order valence-electron chi connectivity index (χ0n) is 9.60. The smallest absolute Gasteiger partial charge is 0.0946 e. The maximum absolute atomic E-state index is 5.93. The van der Waals surface area contributed by atoms with E-state index in [1.165, 1.54) is 0 Å². The Kier molecular flexibility index (Phi) is 3.54. The number of rotatable bonds is 4. The van der Waals surface area contributed by atoms with Crippen molar-refractivity contribution in [1.29, 1.82) is 0 Å². The van der Waals surface area contributed by atoms with Crippen molar-refractivity contribution in [3.05, 3.63) is 41.9 Å². The van der Waals surface area contributed by atoms with Gasteiger partial charge in [-0.3, -0.25) is 0 Å². The van der Waals surface area contributed by atoms with E-state index in [0.717, 1.165) is 12.2 Å². The molecule has 1 unspecified atom stereocenters. The van der Waals surface area contributed by atoms with Crippen LogP contribution < -0.4 is 11.1 Å². The minimum atomic E-state index is 0.241. The monoisotopic (exact) mass is 250 g/mol. The van der Waals surface area contributed by atoms with E-state index in [1.807, 2.05) is 16.8 Å². The molecule has 0 spiro atoms. The second-order valence-corrected chi connectivity index (χ2v) is 4.47. The fourth-order valence-electron chi connectivity index (χ4n) is 1.68. The summed E-state index contributed by atoms with van der Waals surface area (Å²) in [5.41, 5.74) is 7.44. The fraction of sp³-hybridized carbons (Fsp3) is 0.250. The SMILES string of the molecule is CC(Cn1ccnc1)Nc1cc(Cl)ccc1N. The number of nitrogen functional groups attached to an aromatic ring is 1. The molecular weight excluding hydrogens is 236 g/mol. The molecule has 0 aliphatic heterocycles. The quantitative estimate of drug-likeness (QED) is 0.821. The third-order valence-corrected chi connectivity index (χ3v) is 2.70. The van der Waals surface area contributed by atoms with Gasteiger partial charge in [-0.25, -0.2) is 4.98 Å². The van der Waals surface area contributed by atoms with E-state index in [4.69, 9.17) is 17.3 Å². The van der Waals surface area contributed by atoms with Crippen molar-refractivity contribution in [1.82, 2.24) is 9.55 Å². The summed E-state index contributed by atoms with van der Waals surface area (Å²) >= 11 is 5.93. The van der Waals surface area contributed by atoms with Crippen LogP contribution in [0.4, 0.5) is 11.4 Å². The highest BCUT2D eigenvalue weighted by Crippen LogP contribution is 2.23. The second kappa shape index (κ2) is 5.10. The highest BCUT2D eigenvalue weighted by molar-refractivity contribution is 6.31. The summed E-state index contributed by atoms with van der Waals surface area (Å²) in [6.45, 7) is 2.91. The second-order valence-electron chi connectivity index (χ2n) is 4.04. The molecule has 17 heavy (non-hydrogen) atoms. The molecule has 0 bridgehead atoms. The molecule has 0 amide bonds. The van der Waals surface area contributed by atoms with E-state index in [0.29, 0.717) is 10.7 Å². The molecule has 0 aliphatic carbocycles. The van der Waals surface area contributed by atoms with Crippen molar-refractivity contribution >= 4 is 23.0 Å². The average molecular weight is 251 g/mol.